The number of aryl methyl sites for hydroxylation is 2. The van der Waals surface area contributed by atoms with E-state index in [0.29, 0.717) is 15.9 Å². The van der Waals surface area contributed by atoms with Gasteiger partial charge in [-0.05, 0) is 49.2 Å². The zero-order valence-corrected chi connectivity index (χ0v) is 12.3. The van der Waals surface area contributed by atoms with Crippen molar-refractivity contribution in [2.45, 2.75) is 13.8 Å². The smallest absolute Gasteiger partial charge is 0.277 e. The standard InChI is InChI=1S/C15H14Cl2N2/c1-9-5-10(2)7-11(6-9)15(18)19-12-3-4-13(16)14(17)8-12/h3-8H,1-2H3,(H2,18,19)/p+1. The van der Waals surface area contributed by atoms with Crippen molar-refractivity contribution < 1.29 is 4.99 Å². The molecule has 2 rings (SSSR count). The van der Waals surface area contributed by atoms with Gasteiger partial charge in [-0.3, -0.25) is 5.73 Å². The third-order valence-electron chi connectivity index (χ3n) is 2.73. The molecule has 0 heterocycles. The number of nitrogens with two attached hydrogens (primary N) is 1. The molecule has 0 saturated carbocycles. The van der Waals surface area contributed by atoms with Crippen molar-refractivity contribution in [2.24, 2.45) is 5.73 Å². The fourth-order valence-electron chi connectivity index (χ4n) is 1.93. The second-order valence-corrected chi connectivity index (χ2v) is 5.36. The summed E-state index contributed by atoms with van der Waals surface area (Å²) in [6.45, 7) is 4.09. The highest BCUT2D eigenvalue weighted by Crippen LogP contribution is 2.22. The van der Waals surface area contributed by atoms with Crippen LogP contribution in [0.3, 0.4) is 0 Å². The minimum Gasteiger partial charge on any atom is -0.287 e. The van der Waals surface area contributed by atoms with Crippen LogP contribution in [0.25, 0.3) is 0 Å². The van der Waals surface area contributed by atoms with E-state index in [2.05, 4.69) is 11.1 Å². The van der Waals surface area contributed by atoms with Gasteiger partial charge in [0.1, 0.15) is 5.69 Å². The molecule has 98 valence electrons. The van der Waals surface area contributed by atoms with Gasteiger partial charge >= 0.3 is 0 Å². The molecule has 0 saturated heterocycles. The summed E-state index contributed by atoms with van der Waals surface area (Å²) in [6.07, 6.45) is 0. The van der Waals surface area contributed by atoms with Crippen LogP contribution in [0.4, 0.5) is 5.69 Å². The number of benzene rings is 2. The van der Waals surface area contributed by atoms with E-state index in [1.807, 2.05) is 32.0 Å². The van der Waals surface area contributed by atoms with Crippen molar-refractivity contribution in [3.8, 4) is 0 Å². The Morgan fingerprint density at radius 1 is 0.947 bits per heavy atom. The Morgan fingerprint density at radius 2 is 1.58 bits per heavy atom. The largest absolute Gasteiger partial charge is 0.287 e. The Balaban J connectivity index is 2.39. The van der Waals surface area contributed by atoms with E-state index in [0.717, 1.165) is 11.3 Å². The second kappa shape index (κ2) is 5.64. The molecule has 4 heteroatoms. The summed E-state index contributed by atoms with van der Waals surface area (Å²) >= 11 is 11.8. The molecular formula is C15H15Cl2N2+. The predicted molar refractivity (Wildman–Crippen MR) is 81.3 cm³/mol. The molecule has 0 fully saturated rings. The average Bonchev–Trinajstić information content (AvgIpc) is 2.32. The lowest BCUT2D eigenvalue weighted by Gasteiger charge is -2.01. The van der Waals surface area contributed by atoms with Crippen molar-refractivity contribution in [3.05, 3.63) is 63.1 Å². The van der Waals surface area contributed by atoms with E-state index in [-0.39, 0.29) is 0 Å². The quantitative estimate of drug-likeness (QED) is 0.649. The molecule has 0 aliphatic heterocycles. The summed E-state index contributed by atoms with van der Waals surface area (Å²) in [6, 6.07) is 11.5. The van der Waals surface area contributed by atoms with Crippen LogP contribution in [0.2, 0.25) is 10.0 Å². The summed E-state index contributed by atoms with van der Waals surface area (Å²) in [5.74, 6) is 0.588. The summed E-state index contributed by atoms with van der Waals surface area (Å²) in [5.41, 5.74) is 10.2. The average molecular weight is 294 g/mol. The third kappa shape index (κ3) is 3.49. The lowest BCUT2D eigenvalue weighted by molar-refractivity contribution is -0.354. The molecule has 0 atom stereocenters. The number of halogens is 2. The van der Waals surface area contributed by atoms with Crippen LogP contribution in [-0.2, 0) is 0 Å². The number of nitrogen functional groups attached to an aromatic ring is 1. The fourth-order valence-corrected chi connectivity index (χ4v) is 2.23. The van der Waals surface area contributed by atoms with Gasteiger partial charge in [0.05, 0.1) is 15.6 Å². The maximum absolute atomic E-state index is 6.08. The van der Waals surface area contributed by atoms with Crippen LogP contribution >= 0.6 is 23.2 Å². The van der Waals surface area contributed by atoms with Gasteiger partial charge in [-0.25, -0.2) is 4.99 Å². The molecule has 2 aromatic carbocycles. The minimum absolute atomic E-state index is 0.500. The number of hydrogen-bond donors (Lipinski definition) is 2. The van der Waals surface area contributed by atoms with E-state index < -0.39 is 0 Å². The Bertz CT molecular complexity index is 628. The number of hydrogen-bond acceptors (Lipinski definition) is 0. The molecule has 0 bridgehead atoms. The first-order chi connectivity index (χ1) is 8.95. The first-order valence-electron chi connectivity index (χ1n) is 5.89. The first kappa shape index (κ1) is 13.9. The molecule has 0 aliphatic rings. The van der Waals surface area contributed by atoms with E-state index >= 15 is 0 Å². The Morgan fingerprint density at radius 3 is 2.16 bits per heavy atom. The Hall–Kier alpha value is -1.51. The van der Waals surface area contributed by atoms with Crippen LogP contribution in [0.15, 0.2) is 36.4 Å². The van der Waals surface area contributed by atoms with Crippen LogP contribution in [0, 0.1) is 13.8 Å². The molecular weight excluding hydrogens is 279 g/mol. The molecule has 0 radical (unpaired) electrons. The molecule has 2 nitrogen and oxygen atoms in total. The summed E-state index contributed by atoms with van der Waals surface area (Å²) < 4.78 is 0. The SMILES string of the molecule is Cc1cc(C)cc(C(N)=[NH+]c2ccc(Cl)c(Cl)c2)c1. The Labute approximate surface area is 122 Å². The lowest BCUT2D eigenvalue weighted by Crippen LogP contribution is -2.69. The number of amidine groups is 1. The minimum atomic E-state index is 0.500. The fraction of sp³-hybridized carbons (Fsp3) is 0.133. The zero-order chi connectivity index (χ0) is 14.0. The van der Waals surface area contributed by atoms with E-state index in [9.17, 15) is 0 Å². The highest BCUT2D eigenvalue weighted by molar-refractivity contribution is 6.42. The van der Waals surface area contributed by atoms with Gasteiger partial charge < -0.3 is 0 Å². The van der Waals surface area contributed by atoms with Crippen molar-refractivity contribution in [2.75, 3.05) is 0 Å². The van der Waals surface area contributed by atoms with Crippen LogP contribution in [0.1, 0.15) is 16.7 Å². The van der Waals surface area contributed by atoms with Gasteiger partial charge in [0.25, 0.3) is 5.84 Å². The number of rotatable bonds is 2. The van der Waals surface area contributed by atoms with Gasteiger partial charge in [0.2, 0.25) is 0 Å². The summed E-state index contributed by atoms with van der Waals surface area (Å²) in [7, 11) is 0. The molecule has 0 aliphatic carbocycles. The zero-order valence-electron chi connectivity index (χ0n) is 10.8. The second-order valence-electron chi connectivity index (χ2n) is 4.54. The normalized spacial score (nSPS) is 11.7. The van der Waals surface area contributed by atoms with Gasteiger partial charge in [-0.1, -0.05) is 29.3 Å². The maximum atomic E-state index is 6.08. The van der Waals surface area contributed by atoms with Crippen LogP contribution < -0.4 is 10.7 Å². The molecule has 0 amide bonds. The Kier molecular flexibility index (Phi) is 4.13. The van der Waals surface area contributed by atoms with Gasteiger partial charge in [0.15, 0.2) is 0 Å². The molecule has 19 heavy (non-hydrogen) atoms. The summed E-state index contributed by atoms with van der Waals surface area (Å²) in [4.78, 5) is 3.13. The third-order valence-corrected chi connectivity index (χ3v) is 3.47. The molecule has 3 N–H and O–H groups in total. The highest BCUT2D eigenvalue weighted by Gasteiger charge is 2.07. The van der Waals surface area contributed by atoms with Gasteiger partial charge in [-0.2, -0.15) is 0 Å². The van der Waals surface area contributed by atoms with Crippen LogP contribution in [0.5, 0.6) is 0 Å². The number of nitrogens with one attached hydrogen (secondary N) is 1. The topological polar surface area (TPSA) is 40.0 Å². The van der Waals surface area contributed by atoms with Crippen molar-refractivity contribution in [1.29, 1.82) is 0 Å². The predicted octanol–water partition coefficient (Wildman–Crippen LogP) is 2.73. The van der Waals surface area contributed by atoms with E-state index in [4.69, 9.17) is 28.9 Å². The molecule has 0 spiro atoms. The van der Waals surface area contributed by atoms with Crippen molar-refractivity contribution >= 4 is 34.7 Å². The monoisotopic (exact) mass is 293 g/mol. The maximum Gasteiger partial charge on any atom is 0.277 e. The van der Waals surface area contributed by atoms with E-state index in [1.165, 1.54) is 11.1 Å². The van der Waals surface area contributed by atoms with Gasteiger partial charge in [-0.15, -0.1) is 0 Å². The molecule has 0 unspecified atom stereocenters. The van der Waals surface area contributed by atoms with E-state index in [1.54, 1.807) is 12.1 Å². The van der Waals surface area contributed by atoms with Crippen LogP contribution in [-0.4, -0.2) is 5.84 Å². The van der Waals surface area contributed by atoms with Crippen molar-refractivity contribution in [3.63, 3.8) is 0 Å². The highest BCUT2D eigenvalue weighted by atomic mass is 35.5. The first-order valence-corrected chi connectivity index (χ1v) is 6.64. The molecule has 0 aromatic heterocycles. The molecule has 2 aromatic rings. The van der Waals surface area contributed by atoms with Crippen molar-refractivity contribution in [1.82, 2.24) is 0 Å². The lowest BCUT2D eigenvalue weighted by atomic mass is 10.1. The summed E-state index contributed by atoms with van der Waals surface area (Å²) in [5, 5.41) is 1.03. The van der Waals surface area contributed by atoms with Gasteiger partial charge in [0, 0.05) is 6.07 Å².